The fourth-order valence-electron chi connectivity index (χ4n) is 0.597. The molecule has 0 radical (unpaired) electrons. The van der Waals surface area contributed by atoms with Crippen LogP contribution in [0.3, 0.4) is 0 Å². The number of aldehydes is 1. The van der Waals surface area contributed by atoms with E-state index in [2.05, 4.69) is 5.10 Å². The largest absolute Gasteiger partial charge is 0.300 e. The van der Waals surface area contributed by atoms with Gasteiger partial charge >= 0.3 is 0 Å². The van der Waals surface area contributed by atoms with Crippen molar-refractivity contribution in [3.05, 3.63) is 18.5 Å². The van der Waals surface area contributed by atoms with Gasteiger partial charge in [-0.25, -0.2) is 4.68 Å². The van der Waals surface area contributed by atoms with Crippen molar-refractivity contribution in [2.75, 3.05) is 0 Å². The summed E-state index contributed by atoms with van der Waals surface area (Å²) in [4.78, 5) is 10.2. The van der Waals surface area contributed by atoms with Crippen molar-refractivity contribution < 1.29 is 4.79 Å². The Hall–Kier alpha value is -1.63. The fourth-order valence-corrected chi connectivity index (χ4v) is 0.597. The first-order valence-electron chi connectivity index (χ1n) is 2.72. The van der Waals surface area contributed by atoms with Crippen LogP contribution < -0.4 is 0 Å². The van der Waals surface area contributed by atoms with Gasteiger partial charge in [0.25, 0.3) is 0 Å². The average Bonchev–Trinajstić information content (AvgIpc) is 2.43. The molecule has 50 valence electrons. The van der Waals surface area contributed by atoms with Gasteiger partial charge in [0.05, 0.1) is 6.07 Å². The maximum atomic E-state index is 10.2. The zero-order valence-corrected chi connectivity index (χ0v) is 5.14. The van der Waals surface area contributed by atoms with E-state index in [1.54, 1.807) is 18.3 Å². The van der Waals surface area contributed by atoms with Gasteiger partial charge in [-0.3, -0.25) is 4.79 Å². The lowest BCUT2D eigenvalue weighted by Gasteiger charge is -1.97. The van der Waals surface area contributed by atoms with Crippen LogP contribution in [-0.4, -0.2) is 16.1 Å². The first-order chi connectivity index (χ1) is 4.88. The zero-order valence-electron chi connectivity index (χ0n) is 5.14. The maximum absolute atomic E-state index is 10.2. The van der Waals surface area contributed by atoms with Crippen molar-refractivity contribution >= 4 is 6.29 Å². The van der Waals surface area contributed by atoms with Gasteiger partial charge in [-0.2, -0.15) is 10.4 Å². The van der Waals surface area contributed by atoms with Crippen molar-refractivity contribution in [2.45, 2.75) is 6.04 Å². The lowest BCUT2D eigenvalue weighted by molar-refractivity contribution is -0.109. The van der Waals surface area contributed by atoms with E-state index in [-0.39, 0.29) is 0 Å². The Morgan fingerprint density at radius 3 is 3.00 bits per heavy atom. The van der Waals surface area contributed by atoms with Crippen molar-refractivity contribution in [3.8, 4) is 6.07 Å². The van der Waals surface area contributed by atoms with Crippen LogP contribution in [0.1, 0.15) is 6.04 Å². The molecule has 1 heterocycles. The molecule has 10 heavy (non-hydrogen) atoms. The molecule has 0 spiro atoms. The minimum Gasteiger partial charge on any atom is -0.300 e. The average molecular weight is 135 g/mol. The minimum absolute atomic E-state index is 0.549. The van der Waals surface area contributed by atoms with E-state index in [0.717, 1.165) is 0 Å². The molecule has 0 aliphatic carbocycles. The molecule has 0 fully saturated rings. The van der Waals surface area contributed by atoms with Crippen LogP contribution in [0.25, 0.3) is 0 Å². The number of rotatable bonds is 2. The quantitative estimate of drug-likeness (QED) is 0.542. The van der Waals surface area contributed by atoms with Gasteiger partial charge in [0, 0.05) is 12.4 Å². The molecule has 1 rings (SSSR count). The number of carbonyl (C=O) groups is 1. The van der Waals surface area contributed by atoms with E-state index in [9.17, 15) is 4.79 Å². The van der Waals surface area contributed by atoms with Crippen LogP contribution in [-0.2, 0) is 4.79 Å². The Labute approximate surface area is 57.7 Å². The molecular formula is C6H5N3O. The molecule has 0 bridgehead atoms. The van der Waals surface area contributed by atoms with E-state index in [4.69, 9.17) is 5.26 Å². The molecule has 1 unspecified atom stereocenters. The smallest absolute Gasteiger partial charge is 0.193 e. The second-order valence-corrected chi connectivity index (χ2v) is 1.70. The standard InChI is InChI=1S/C6H5N3O/c7-4-6(5-10)9-3-1-2-8-9/h1-3,5-6H. The zero-order chi connectivity index (χ0) is 7.40. The molecule has 1 atom stereocenters. The normalized spacial score (nSPS) is 11.9. The van der Waals surface area contributed by atoms with Gasteiger partial charge in [0.15, 0.2) is 12.3 Å². The van der Waals surface area contributed by atoms with Crippen molar-refractivity contribution in [3.63, 3.8) is 0 Å². The van der Waals surface area contributed by atoms with Gasteiger partial charge in [0.2, 0.25) is 0 Å². The van der Waals surface area contributed by atoms with Crippen molar-refractivity contribution in [1.82, 2.24) is 9.78 Å². The van der Waals surface area contributed by atoms with Crippen LogP contribution >= 0.6 is 0 Å². The first kappa shape index (κ1) is 6.49. The fraction of sp³-hybridized carbons (Fsp3) is 0.167. The van der Waals surface area contributed by atoms with Crippen LogP contribution in [0, 0.1) is 11.3 Å². The molecule has 1 aromatic heterocycles. The summed E-state index contributed by atoms with van der Waals surface area (Å²) >= 11 is 0. The monoisotopic (exact) mass is 135 g/mol. The Bertz CT molecular complexity index is 246. The predicted octanol–water partition coefficient (Wildman–Crippen LogP) is 0.147. The molecule has 0 saturated heterocycles. The van der Waals surface area contributed by atoms with E-state index in [0.29, 0.717) is 6.29 Å². The molecule has 0 N–H and O–H groups in total. The van der Waals surface area contributed by atoms with Gasteiger partial charge in [-0.15, -0.1) is 0 Å². The highest BCUT2D eigenvalue weighted by molar-refractivity contribution is 5.59. The molecule has 4 nitrogen and oxygen atoms in total. The number of hydrogen-bond donors (Lipinski definition) is 0. The third-order valence-electron chi connectivity index (χ3n) is 1.07. The molecular weight excluding hydrogens is 130 g/mol. The molecule has 4 heteroatoms. The third-order valence-corrected chi connectivity index (χ3v) is 1.07. The molecule has 0 amide bonds. The Balaban J connectivity index is 2.86. The summed E-state index contributed by atoms with van der Waals surface area (Å²) in [6.45, 7) is 0. The summed E-state index contributed by atoms with van der Waals surface area (Å²) in [6.07, 6.45) is 3.64. The Morgan fingerprint density at radius 2 is 2.60 bits per heavy atom. The molecule has 0 saturated carbocycles. The Kier molecular flexibility index (Phi) is 1.80. The summed E-state index contributed by atoms with van der Waals surface area (Å²) < 4.78 is 1.30. The number of nitriles is 1. The van der Waals surface area contributed by atoms with Crippen molar-refractivity contribution in [2.24, 2.45) is 0 Å². The Morgan fingerprint density at radius 1 is 1.80 bits per heavy atom. The minimum atomic E-state index is -0.782. The number of hydrogen-bond acceptors (Lipinski definition) is 3. The van der Waals surface area contributed by atoms with Gasteiger partial charge in [-0.1, -0.05) is 0 Å². The van der Waals surface area contributed by atoms with Crippen LogP contribution in [0.15, 0.2) is 18.5 Å². The van der Waals surface area contributed by atoms with Crippen LogP contribution in [0.2, 0.25) is 0 Å². The van der Waals surface area contributed by atoms with Gasteiger partial charge in [0.1, 0.15) is 0 Å². The highest BCUT2D eigenvalue weighted by Crippen LogP contribution is 1.96. The highest BCUT2D eigenvalue weighted by atomic mass is 16.1. The summed E-state index contributed by atoms with van der Waals surface area (Å²) in [7, 11) is 0. The summed E-state index contributed by atoms with van der Waals surface area (Å²) in [5, 5.41) is 12.1. The van der Waals surface area contributed by atoms with E-state index < -0.39 is 6.04 Å². The number of aromatic nitrogens is 2. The third kappa shape index (κ3) is 1.03. The highest BCUT2D eigenvalue weighted by Gasteiger charge is 2.05. The topological polar surface area (TPSA) is 58.7 Å². The van der Waals surface area contributed by atoms with Gasteiger partial charge in [-0.05, 0) is 6.07 Å². The van der Waals surface area contributed by atoms with E-state index >= 15 is 0 Å². The second kappa shape index (κ2) is 2.78. The molecule has 0 aromatic carbocycles. The maximum Gasteiger partial charge on any atom is 0.193 e. The van der Waals surface area contributed by atoms with Crippen molar-refractivity contribution in [1.29, 1.82) is 5.26 Å². The predicted molar refractivity (Wildman–Crippen MR) is 32.9 cm³/mol. The number of nitrogens with zero attached hydrogens (tertiary/aromatic N) is 3. The van der Waals surface area contributed by atoms with Crippen LogP contribution in [0.4, 0.5) is 0 Å². The first-order valence-corrected chi connectivity index (χ1v) is 2.72. The summed E-state index contributed by atoms with van der Waals surface area (Å²) in [5.74, 6) is 0. The van der Waals surface area contributed by atoms with E-state index in [1.165, 1.54) is 10.9 Å². The second-order valence-electron chi connectivity index (χ2n) is 1.70. The molecule has 0 aliphatic heterocycles. The van der Waals surface area contributed by atoms with Gasteiger partial charge < -0.3 is 0 Å². The lowest BCUT2D eigenvalue weighted by Crippen LogP contribution is -2.07. The summed E-state index contributed by atoms with van der Waals surface area (Å²) in [5.41, 5.74) is 0. The van der Waals surface area contributed by atoms with E-state index in [1.807, 2.05) is 0 Å². The molecule has 1 aromatic rings. The summed E-state index contributed by atoms with van der Waals surface area (Å²) in [6, 6.07) is 2.66. The SMILES string of the molecule is N#CC(C=O)n1cccn1. The molecule has 0 aliphatic rings. The van der Waals surface area contributed by atoms with Crippen LogP contribution in [0.5, 0.6) is 0 Å². The lowest BCUT2D eigenvalue weighted by atomic mass is 10.4. The number of carbonyl (C=O) groups excluding carboxylic acids is 1.